The predicted molar refractivity (Wildman–Crippen MR) is 80.4 cm³/mol. The quantitative estimate of drug-likeness (QED) is 0.839. The van der Waals surface area contributed by atoms with Crippen LogP contribution in [0, 0.1) is 5.92 Å². The highest BCUT2D eigenvalue weighted by Gasteiger charge is 2.48. The van der Waals surface area contributed by atoms with Gasteiger partial charge >= 0.3 is 0 Å². The van der Waals surface area contributed by atoms with Crippen molar-refractivity contribution in [3.05, 3.63) is 35.4 Å². The van der Waals surface area contributed by atoms with Crippen LogP contribution in [0.25, 0.3) is 0 Å². The highest BCUT2D eigenvalue weighted by atomic mass is 16.6. The molecule has 0 amide bonds. The lowest BCUT2D eigenvalue weighted by Crippen LogP contribution is -2.44. The SMILES string of the molecule is CC(C)(O)OC1(C2CCCCC2)CCc2ccccc21. The summed E-state index contributed by atoms with van der Waals surface area (Å²) in [6.07, 6.45) is 8.48. The molecule has 0 aliphatic heterocycles. The van der Waals surface area contributed by atoms with Gasteiger partial charge in [-0.15, -0.1) is 0 Å². The molecule has 20 heavy (non-hydrogen) atoms. The van der Waals surface area contributed by atoms with E-state index in [9.17, 15) is 5.11 Å². The van der Waals surface area contributed by atoms with Gasteiger partial charge in [0.1, 0.15) is 0 Å². The Kier molecular flexibility index (Phi) is 3.64. The molecule has 3 rings (SSSR count). The van der Waals surface area contributed by atoms with Gasteiger partial charge in [0.25, 0.3) is 0 Å². The van der Waals surface area contributed by atoms with Gasteiger partial charge in [0.05, 0.1) is 5.60 Å². The molecule has 0 saturated heterocycles. The zero-order valence-electron chi connectivity index (χ0n) is 12.7. The maximum absolute atomic E-state index is 10.3. The van der Waals surface area contributed by atoms with Crippen LogP contribution < -0.4 is 0 Å². The topological polar surface area (TPSA) is 29.5 Å². The normalized spacial score (nSPS) is 27.6. The first-order chi connectivity index (χ1) is 9.51. The van der Waals surface area contributed by atoms with Crippen LogP contribution in [0.2, 0.25) is 0 Å². The molecule has 1 fully saturated rings. The van der Waals surface area contributed by atoms with Crippen molar-refractivity contribution in [2.45, 2.75) is 70.2 Å². The van der Waals surface area contributed by atoms with Crippen molar-refractivity contribution < 1.29 is 9.84 Å². The molecule has 2 aliphatic carbocycles. The van der Waals surface area contributed by atoms with Crippen LogP contribution in [0.15, 0.2) is 24.3 Å². The fourth-order valence-corrected chi connectivity index (χ4v) is 4.23. The van der Waals surface area contributed by atoms with Gasteiger partial charge in [0, 0.05) is 0 Å². The van der Waals surface area contributed by atoms with Crippen LogP contribution in [-0.4, -0.2) is 10.9 Å². The Morgan fingerprint density at radius 3 is 2.55 bits per heavy atom. The molecule has 0 aromatic heterocycles. The molecule has 2 aliphatic rings. The minimum atomic E-state index is -1.07. The Morgan fingerprint density at radius 1 is 1.15 bits per heavy atom. The van der Waals surface area contributed by atoms with E-state index >= 15 is 0 Å². The number of hydrogen-bond acceptors (Lipinski definition) is 2. The molecule has 0 spiro atoms. The predicted octanol–water partition coefficient (Wildman–Crippen LogP) is 4.15. The van der Waals surface area contributed by atoms with Gasteiger partial charge in [-0.1, -0.05) is 43.5 Å². The van der Waals surface area contributed by atoms with Crippen molar-refractivity contribution in [2.24, 2.45) is 5.92 Å². The monoisotopic (exact) mass is 274 g/mol. The molecule has 0 radical (unpaired) electrons. The van der Waals surface area contributed by atoms with E-state index in [-0.39, 0.29) is 5.60 Å². The van der Waals surface area contributed by atoms with Crippen LogP contribution in [0.5, 0.6) is 0 Å². The van der Waals surface area contributed by atoms with Crippen molar-refractivity contribution in [3.8, 4) is 0 Å². The number of aliphatic hydroxyl groups is 1. The molecule has 1 N–H and O–H groups in total. The lowest BCUT2D eigenvalue weighted by atomic mass is 9.73. The molecule has 2 heteroatoms. The second-order valence-electron chi connectivity index (χ2n) is 6.93. The van der Waals surface area contributed by atoms with Gasteiger partial charge in [-0.3, -0.25) is 0 Å². The van der Waals surface area contributed by atoms with E-state index in [2.05, 4.69) is 24.3 Å². The van der Waals surface area contributed by atoms with E-state index in [0.29, 0.717) is 5.92 Å². The van der Waals surface area contributed by atoms with E-state index in [1.807, 2.05) is 0 Å². The van der Waals surface area contributed by atoms with Crippen molar-refractivity contribution >= 4 is 0 Å². The minimum absolute atomic E-state index is 0.269. The smallest absolute Gasteiger partial charge is 0.161 e. The average molecular weight is 274 g/mol. The summed E-state index contributed by atoms with van der Waals surface area (Å²) in [5.41, 5.74) is 2.46. The summed E-state index contributed by atoms with van der Waals surface area (Å²) in [4.78, 5) is 0. The van der Waals surface area contributed by atoms with Crippen LogP contribution in [0.1, 0.15) is 63.5 Å². The van der Waals surface area contributed by atoms with Crippen molar-refractivity contribution in [3.63, 3.8) is 0 Å². The van der Waals surface area contributed by atoms with Crippen molar-refractivity contribution in [2.75, 3.05) is 0 Å². The molecule has 1 aromatic rings. The average Bonchev–Trinajstić information content (AvgIpc) is 2.78. The maximum atomic E-state index is 10.3. The Bertz CT molecular complexity index is 469. The van der Waals surface area contributed by atoms with Gasteiger partial charge in [-0.05, 0) is 56.6 Å². The van der Waals surface area contributed by atoms with E-state index in [0.717, 1.165) is 12.8 Å². The third-order valence-electron chi connectivity index (χ3n) is 4.94. The molecule has 1 saturated carbocycles. The summed E-state index contributed by atoms with van der Waals surface area (Å²) in [6.45, 7) is 3.52. The highest BCUT2D eigenvalue weighted by molar-refractivity contribution is 5.38. The number of aryl methyl sites for hydroxylation is 1. The van der Waals surface area contributed by atoms with Gasteiger partial charge in [0.2, 0.25) is 0 Å². The van der Waals surface area contributed by atoms with Crippen LogP contribution in [0.3, 0.4) is 0 Å². The Labute approximate surface area is 122 Å². The lowest BCUT2D eigenvalue weighted by Gasteiger charge is -2.44. The van der Waals surface area contributed by atoms with E-state index in [1.165, 1.54) is 43.2 Å². The Balaban J connectivity index is 2.00. The summed E-state index contributed by atoms with van der Waals surface area (Å²) < 4.78 is 6.31. The summed E-state index contributed by atoms with van der Waals surface area (Å²) in [7, 11) is 0. The number of ether oxygens (including phenoxy) is 1. The highest BCUT2D eigenvalue weighted by Crippen LogP contribution is 2.51. The largest absolute Gasteiger partial charge is 0.366 e. The van der Waals surface area contributed by atoms with Crippen LogP contribution in [0.4, 0.5) is 0 Å². The third kappa shape index (κ3) is 2.51. The van der Waals surface area contributed by atoms with Crippen LogP contribution >= 0.6 is 0 Å². The molecule has 1 atom stereocenters. The molecule has 110 valence electrons. The summed E-state index contributed by atoms with van der Waals surface area (Å²) in [5, 5.41) is 10.3. The molecule has 1 unspecified atom stereocenters. The first kappa shape index (κ1) is 14.1. The summed E-state index contributed by atoms with van der Waals surface area (Å²) in [5.74, 6) is -0.527. The molecule has 1 aromatic carbocycles. The van der Waals surface area contributed by atoms with Gasteiger partial charge in [-0.2, -0.15) is 0 Å². The van der Waals surface area contributed by atoms with E-state index in [1.54, 1.807) is 13.8 Å². The fraction of sp³-hybridized carbons (Fsp3) is 0.667. The molecule has 2 nitrogen and oxygen atoms in total. The van der Waals surface area contributed by atoms with E-state index < -0.39 is 5.79 Å². The lowest BCUT2D eigenvalue weighted by molar-refractivity contribution is -0.269. The minimum Gasteiger partial charge on any atom is -0.366 e. The van der Waals surface area contributed by atoms with Crippen LogP contribution in [-0.2, 0) is 16.8 Å². The van der Waals surface area contributed by atoms with Crippen molar-refractivity contribution in [1.82, 2.24) is 0 Å². The summed E-state index contributed by atoms with van der Waals surface area (Å²) in [6, 6.07) is 8.64. The number of benzene rings is 1. The Morgan fingerprint density at radius 2 is 1.85 bits per heavy atom. The molecular weight excluding hydrogens is 248 g/mol. The molecule has 0 heterocycles. The second-order valence-corrected chi connectivity index (χ2v) is 6.93. The standard InChI is InChI=1S/C18H26O2/c1-17(2,19)20-18(15-9-4-3-5-10-15)13-12-14-8-6-7-11-16(14)18/h6-8,11,15,19H,3-5,9-10,12-13H2,1-2H3. The maximum Gasteiger partial charge on any atom is 0.161 e. The zero-order valence-corrected chi connectivity index (χ0v) is 12.7. The molecular formula is C18H26O2. The number of hydrogen-bond donors (Lipinski definition) is 1. The number of rotatable bonds is 3. The first-order valence-electron chi connectivity index (χ1n) is 8.02. The second kappa shape index (κ2) is 5.16. The van der Waals surface area contributed by atoms with Gasteiger partial charge < -0.3 is 9.84 Å². The number of fused-ring (bicyclic) bond motifs is 1. The third-order valence-corrected chi connectivity index (χ3v) is 4.94. The van der Waals surface area contributed by atoms with E-state index in [4.69, 9.17) is 4.74 Å². The Hall–Kier alpha value is -0.860. The summed E-state index contributed by atoms with van der Waals surface area (Å²) >= 11 is 0. The van der Waals surface area contributed by atoms with Gasteiger partial charge in [-0.25, -0.2) is 0 Å². The molecule has 0 bridgehead atoms. The fourth-order valence-electron chi connectivity index (χ4n) is 4.23. The van der Waals surface area contributed by atoms with Crippen molar-refractivity contribution in [1.29, 1.82) is 0 Å². The van der Waals surface area contributed by atoms with Gasteiger partial charge in [0.15, 0.2) is 5.79 Å². The zero-order chi connectivity index (χ0) is 14.2. The first-order valence-corrected chi connectivity index (χ1v) is 8.02.